The lowest BCUT2D eigenvalue weighted by atomic mass is 9.75. The topological polar surface area (TPSA) is 35.8 Å². The number of rotatable bonds is 3. The molecule has 1 aromatic carbocycles. The van der Waals surface area contributed by atoms with Gasteiger partial charge in [0, 0.05) is 18.2 Å². The van der Waals surface area contributed by atoms with Gasteiger partial charge in [-0.3, -0.25) is 0 Å². The van der Waals surface area contributed by atoms with Gasteiger partial charge in [0.1, 0.15) is 11.9 Å². The van der Waals surface area contributed by atoms with E-state index in [9.17, 15) is 4.39 Å². The molecule has 1 aliphatic carbocycles. The molecule has 1 aliphatic rings. The molecule has 0 heterocycles. The summed E-state index contributed by atoms with van der Waals surface area (Å²) in [7, 11) is 0. The van der Waals surface area contributed by atoms with Crippen molar-refractivity contribution in [2.24, 2.45) is 5.41 Å². The van der Waals surface area contributed by atoms with Crippen molar-refractivity contribution in [1.29, 1.82) is 5.26 Å². The summed E-state index contributed by atoms with van der Waals surface area (Å²) in [6.45, 7) is 5.12. The highest BCUT2D eigenvalue weighted by Gasteiger charge is 2.26. The summed E-state index contributed by atoms with van der Waals surface area (Å²) >= 11 is 0. The number of hydrogen-bond donors (Lipinski definition) is 1. The predicted octanol–water partition coefficient (Wildman–Crippen LogP) is 3.76. The molecule has 19 heavy (non-hydrogen) atoms. The minimum atomic E-state index is -0.381. The molecule has 1 N–H and O–H groups in total. The van der Waals surface area contributed by atoms with E-state index in [1.807, 2.05) is 6.07 Å². The number of nitrogens with one attached hydrogen (secondary N) is 1. The van der Waals surface area contributed by atoms with Crippen LogP contribution in [0.25, 0.3) is 0 Å². The third-order valence-electron chi connectivity index (χ3n) is 4.12. The van der Waals surface area contributed by atoms with Crippen LogP contribution >= 0.6 is 0 Å². The molecular weight excluding hydrogens is 239 g/mol. The van der Waals surface area contributed by atoms with E-state index in [1.165, 1.54) is 18.9 Å². The van der Waals surface area contributed by atoms with Gasteiger partial charge in [0.25, 0.3) is 0 Å². The van der Waals surface area contributed by atoms with Crippen LogP contribution in [0.15, 0.2) is 18.2 Å². The number of hydrogen-bond acceptors (Lipinski definition) is 2. The van der Waals surface area contributed by atoms with Crippen molar-refractivity contribution in [1.82, 2.24) is 5.32 Å². The molecule has 1 saturated carbocycles. The van der Waals surface area contributed by atoms with Gasteiger partial charge in [-0.2, -0.15) is 5.26 Å². The second kappa shape index (κ2) is 5.71. The van der Waals surface area contributed by atoms with Crippen LogP contribution in [0.2, 0.25) is 0 Å². The Bertz CT molecular complexity index is 478. The van der Waals surface area contributed by atoms with Crippen LogP contribution in [0.1, 0.15) is 50.7 Å². The summed E-state index contributed by atoms with van der Waals surface area (Å²) in [5.41, 5.74) is 1.16. The number of benzene rings is 1. The van der Waals surface area contributed by atoms with Gasteiger partial charge in [0.15, 0.2) is 0 Å². The SMILES string of the molecule is CC1(C)CCC(NCc2cccc(C#N)c2F)CC1. The smallest absolute Gasteiger partial charge is 0.145 e. The minimum absolute atomic E-state index is 0.129. The highest BCUT2D eigenvalue weighted by molar-refractivity contribution is 5.34. The highest BCUT2D eigenvalue weighted by Crippen LogP contribution is 2.35. The van der Waals surface area contributed by atoms with Gasteiger partial charge < -0.3 is 5.32 Å². The van der Waals surface area contributed by atoms with Gasteiger partial charge in [-0.05, 0) is 37.2 Å². The maximum atomic E-state index is 13.9. The van der Waals surface area contributed by atoms with Crippen LogP contribution < -0.4 is 5.32 Å². The third kappa shape index (κ3) is 3.54. The first-order chi connectivity index (χ1) is 9.02. The summed E-state index contributed by atoms with van der Waals surface area (Å²) in [5, 5.41) is 12.2. The molecule has 0 spiro atoms. The monoisotopic (exact) mass is 260 g/mol. The largest absolute Gasteiger partial charge is 0.310 e. The second-order valence-electron chi connectivity index (χ2n) is 6.21. The first kappa shape index (κ1) is 14.0. The zero-order chi connectivity index (χ0) is 13.9. The first-order valence-corrected chi connectivity index (χ1v) is 6.93. The summed E-state index contributed by atoms with van der Waals surface area (Å²) < 4.78 is 13.9. The van der Waals surface area contributed by atoms with Crippen LogP contribution in [-0.4, -0.2) is 6.04 Å². The summed E-state index contributed by atoms with van der Waals surface area (Å²) in [6, 6.07) is 7.35. The van der Waals surface area contributed by atoms with Gasteiger partial charge in [0.05, 0.1) is 5.56 Å². The fourth-order valence-electron chi connectivity index (χ4n) is 2.66. The molecule has 2 nitrogen and oxygen atoms in total. The number of nitrogens with zero attached hydrogens (tertiary/aromatic N) is 1. The van der Waals surface area contributed by atoms with Gasteiger partial charge in [-0.1, -0.05) is 26.0 Å². The molecule has 1 aromatic rings. The fraction of sp³-hybridized carbons (Fsp3) is 0.562. The lowest BCUT2D eigenvalue weighted by Crippen LogP contribution is -2.35. The van der Waals surface area contributed by atoms with E-state index in [0.717, 1.165) is 12.8 Å². The Morgan fingerprint density at radius 1 is 1.37 bits per heavy atom. The van der Waals surface area contributed by atoms with Crippen molar-refractivity contribution >= 4 is 0 Å². The van der Waals surface area contributed by atoms with Crippen LogP contribution in [0, 0.1) is 22.6 Å². The Morgan fingerprint density at radius 3 is 2.68 bits per heavy atom. The van der Waals surface area contributed by atoms with E-state index in [2.05, 4.69) is 19.2 Å². The van der Waals surface area contributed by atoms with E-state index in [0.29, 0.717) is 23.6 Å². The van der Waals surface area contributed by atoms with E-state index < -0.39 is 0 Å². The molecule has 102 valence electrons. The van der Waals surface area contributed by atoms with Gasteiger partial charge in [-0.25, -0.2) is 4.39 Å². The maximum Gasteiger partial charge on any atom is 0.145 e. The van der Waals surface area contributed by atoms with Crippen molar-refractivity contribution in [3.8, 4) is 6.07 Å². The van der Waals surface area contributed by atoms with Crippen molar-refractivity contribution in [2.45, 2.75) is 52.1 Å². The van der Waals surface area contributed by atoms with Crippen LogP contribution in [0.3, 0.4) is 0 Å². The Hall–Kier alpha value is -1.40. The lowest BCUT2D eigenvalue weighted by molar-refractivity contribution is 0.205. The van der Waals surface area contributed by atoms with Gasteiger partial charge in [-0.15, -0.1) is 0 Å². The summed E-state index contributed by atoms with van der Waals surface area (Å²) in [4.78, 5) is 0. The molecule has 0 radical (unpaired) electrons. The van der Waals surface area contributed by atoms with Crippen LogP contribution in [-0.2, 0) is 6.54 Å². The Balaban J connectivity index is 1.92. The molecule has 0 atom stereocenters. The zero-order valence-corrected chi connectivity index (χ0v) is 11.7. The molecule has 2 rings (SSSR count). The lowest BCUT2D eigenvalue weighted by Gasteiger charge is -2.34. The predicted molar refractivity (Wildman–Crippen MR) is 74.0 cm³/mol. The second-order valence-corrected chi connectivity index (χ2v) is 6.21. The molecule has 0 aromatic heterocycles. The van der Waals surface area contributed by atoms with Crippen LogP contribution in [0.4, 0.5) is 4.39 Å². The Kier molecular flexibility index (Phi) is 4.21. The van der Waals surface area contributed by atoms with E-state index in [-0.39, 0.29) is 11.4 Å². The fourth-order valence-corrected chi connectivity index (χ4v) is 2.66. The van der Waals surface area contributed by atoms with Crippen molar-refractivity contribution in [3.63, 3.8) is 0 Å². The standard InChI is InChI=1S/C16H21FN2/c1-16(2)8-6-14(7-9-16)19-11-13-5-3-4-12(10-18)15(13)17/h3-5,14,19H,6-9,11H2,1-2H3. The van der Waals surface area contributed by atoms with Crippen molar-refractivity contribution < 1.29 is 4.39 Å². The average molecular weight is 260 g/mol. The molecule has 3 heteroatoms. The normalized spacial score (nSPS) is 19.1. The molecule has 0 aliphatic heterocycles. The Labute approximate surface area is 114 Å². The third-order valence-corrected chi connectivity index (χ3v) is 4.12. The quantitative estimate of drug-likeness (QED) is 0.898. The molecule has 1 fully saturated rings. The van der Waals surface area contributed by atoms with Gasteiger partial charge >= 0.3 is 0 Å². The van der Waals surface area contributed by atoms with Crippen LogP contribution in [0.5, 0.6) is 0 Å². The zero-order valence-electron chi connectivity index (χ0n) is 11.7. The maximum absolute atomic E-state index is 13.9. The minimum Gasteiger partial charge on any atom is -0.310 e. The van der Waals surface area contributed by atoms with Gasteiger partial charge in [0.2, 0.25) is 0 Å². The number of nitriles is 1. The van der Waals surface area contributed by atoms with Crippen molar-refractivity contribution in [3.05, 3.63) is 35.1 Å². The summed E-state index contributed by atoms with van der Waals surface area (Å²) in [5.74, 6) is -0.381. The molecule has 0 saturated heterocycles. The molecule has 0 bridgehead atoms. The van der Waals surface area contributed by atoms with E-state index in [4.69, 9.17) is 5.26 Å². The molecular formula is C16H21FN2. The van der Waals surface area contributed by atoms with E-state index >= 15 is 0 Å². The van der Waals surface area contributed by atoms with Crippen molar-refractivity contribution in [2.75, 3.05) is 0 Å². The number of halogens is 1. The molecule has 0 amide bonds. The summed E-state index contributed by atoms with van der Waals surface area (Å²) in [6.07, 6.45) is 4.72. The Morgan fingerprint density at radius 2 is 2.05 bits per heavy atom. The van der Waals surface area contributed by atoms with E-state index in [1.54, 1.807) is 12.1 Å². The first-order valence-electron chi connectivity index (χ1n) is 6.93. The average Bonchev–Trinajstić information content (AvgIpc) is 2.39. The highest BCUT2D eigenvalue weighted by atomic mass is 19.1. The molecule has 0 unspecified atom stereocenters.